The first-order chi connectivity index (χ1) is 14.3. The molecule has 5 rings (SSSR count). The standard InChI is InChI=1S/C26H27N3O/c1-16-9-8-10-18(13-16)23-22-17(2)28-29(19-11-6-5-7-12-19)25(22)27-20-14-26(3,4)15-21(30)24(20)23/h5-13,23,27H,14-15H2,1-4H3/t23-/m1/s1. The average molecular weight is 398 g/mol. The molecule has 2 heterocycles. The first kappa shape index (κ1) is 18.9. The smallest absolute Gasteiger partial charge is 0.162 e. The Kier molecular flexibility index (Phi) is 4.21. The lowest BCUT2D eigenvalue weighted by Gasteiger charge is -2.38. The summed E-state index contributed by atoms with van der Waals surface area (Å²) in [5.41, 5.74) is 7.36. The van der Waals surface area contributed by atoms with Gasteiger partial charge >= 0.3 is 0 Å². The van der Waals surface area contributed by atoms with Crippen LogP contribution >= 0.6 is 0 Å². The van der Waals surface area contributed by atoms with Crippen molar-refractivity contribution in [1.82, 2.24) is 9.78 Å². The van der Waals surface area contributed by atoms with E-state index in [0.29, 0.717) is 6.42 Å². The zero-order valence-electron chi connectivity index (χ0n) is 18.0. The minimum Gasteiger partial charge on any atom is -0.343 e. The van der Waals surface area contributed by atoms with Crippen LogP contribution in [0, 0.1) is 19.3 Å². The van der Waals surface area contributed by atoms with E-state index in [-0.39, 0.29) is 17.1 Å². The second-order valence-corrected chi connectivity index (χ2v) is 9.40. The number of fused-ring (bicyclic) bond motifs is 1. The molecule has 3 aromatic rings. The van der Waals surface area contributed by atoms with Gasteiger partial charge in [0.2, 0.25) is 0 Å². The highest BCUT2D eigenvalue weighted by molar-refractivity contribution is 6.01. The van der Waals surface area contributed by atoms with Crippen molar-refractivity contribution in [3.8, 4) is 5.69 Å². The quantitative estimate of drug-likeness (QED) is 0.604. The van der Waals surface area contributed by atoms with Crippen LogP contribution in [-0.2, 0) is 4.79 Å². The van der Waals surface area contributed by atoms with Crippen molar-refractivity contribution in [3.05, 3.63) is 88.3 Å². The molecular formula is C26H27N3O. The number of para-hydroxylation sites is 1. The van der Waals surface area contributed by atoms with E-state index in [1.165, 1.54) is 5.56 Å². The zero-order valence-corrected chi connectivity index (χ0v) is 18.0. The van der Waals surface area contributed by atoms with E-state index in [1.807, 2.05) is 29.8 Å². The number of hydrogen-bond acceptors (Lipinski definition) is 3. The number of hydrogen-bond donors (Lipinski definition) is 1. The molecule has 0 amide bonds. The Bertz CT molecular complexity index is 1180. The monoisotopic (exact) mass is 397 g/mol. The van der Waals surface area contributed by atoms with E-state index in [1.54, 1.807) is 0 Å². The maximum atomic E-state index is 13.4. The summed E-state index contributed by atoms with van der Waals surface area (Å²) >= 11 is 0. The average Bonchev–Trinajstić information content (AvgIpc) is 3.02. The Morgan fingerprint density at radius 2 is 1.80 bits per heavy atom. The molecule has 152 valence electrons. The third kappa shape index (κ3) is 2.98. The summed E-state index contributed by atoms with van der Waals surface area (Å²) in [6.45, 7) is 8.50. The number of nitrogens with one attached hydrogen (secondary N) is 1. The van der Waals surface area contributed by atoms with Crippen molar-refractivity contribution in [3.63, 3.8) is 0 Å². The Balaban J connectivity index is 1.77. The summed E-state index contributed by atoms with van der Waals surface area (Å²) in [4.78, 5) is 13.4. The van der Waals surface area contributed by atoms with Crippen LogP contribution in [0.1, 0.15) is 55.0 Å². The van der Waals surface area contributed by atoms with Gasteiger partial charge in [0.25, 0.3) is 0 Å². The SMILES string of the molecule is Cc1cccc([C@H]2C3=C(CC(C)(C)CC3=O)Nc3c2c(C)nn3-c2ccccc2)c1. The van der Waals surface area contributed by atoms with E-state index in [0.717, 1.165) is 46.0 Å². The molecule has 2 aromatic carbocycles. The summed E-state index contributed by atoms with van der Waals surface area (Å²) in [5.74, 6) is 1.14. The van der Waals surface area contributed by atoms with Gasteiger partial charge in [-0.15, -0.1) is 0 Å². The van der Waals surface area contributed by atoms with Gasteiger partial charge in [-0.3, -0.25) is 4.79 Å². The summed E-state index contributed by atoms with van der Waals surface area (Å²) in [6.07, 6.45) is 1.44. The number of allylic oxidation sites excluding steroid dienone is 2. The highest BCUT2D eigenvalue weighted by Crippen LogP contribution is 2.50. The Morgan fingerprint density at radius 3 is 2.53 bits per heavy atom. The molecule has 0 saturated carbocycles. The predicted molar refractivity (Wildman–Crippen MR) is 120 cm³/mol. The molecule has 30 heavy (non-hydrogen) atoms. The van der Waals surface area contributed by atoms with Crippen LogP contribution in [0.2, 0.25) is 0 Å². The number of Topliss-reactive ketones (excluding diaryl/α,β-unsaturated/α-hetero) is 1. The molecule has 1 aromatic heterocycles. The van der Waals surface area contributed by atoms with Crippen LogP contribution in [0.5, 0.6) is 0 Å². The number of ketones is 1. The van der Waals surface area contributed by atoms with Crippen LogP contribution < -0.4 is 5.32 Å². The maximum absolute atomic E-state index is 13.4. The van der Waals surface area contributed by atoms with E-state index in [9.17, 15) is 4.79 Å². The van der Waals surface area contributed by atoms with E-state index in [4.69, 9.17) is 5.10 Å². The fourth-order valence-electron chi connectivity index (χ4n) is 5.01. The van der Waals surface area contributed by atoms with Gasteiger partial charge in [-0.05, 0) is 43.4 Å². The van der Waals surface area contributed by atoms with Crippen molar-refractivity contribution in [2.24, 2.45) is 5.41 Å². The third-order valence-electron chi connectivity index (χ3n) is 6.25. The first-order valence-electron chi connectivity index (χ1n) is 10.6. The predicted octanol–water partition coefficient (Wildman–Crippen LogP) is 5.69. The molecule has 4 heteroatoms. The number of carbonyl (C=O) groups excluding carboxylic acids is 1. The fourth-order valence-corrected chi connectivity index (χ4v) is 5.01. The summed E-state index contributed by atoms with van der Waals surface area (Å²) in [5, 5.41) is 8.54. The summed E-state index contributed by atoms with van der Waals surface area (Å²) in [7, 11) is 0. The van der Waals surface area contributed by atoms with Gasteiger partial charge in [0.15, 0.2) is 5.78 Å². The third-order valence-corrected chi connectivity index (χ3v) is 6.25. The van der Waals surface area contributed by atoms with Gasteiger partial charge in [-0.25, -0.2) is 4.68 Å². The number of anilines is 1. The molecule has 1 atom stereocenters. The topological polar surface area (TPSA) is 46.9 Å². The molecule has 0 fully saturated rings. The second-order valence-electron chi connectivity index (χ2n) is 9.40. The molecule has 4 nitrogen and oxygen atoms in total. The number of aryl methyl sites for hydroxylation is 2. The lowest BCUT2D eigenvalue weighted by atomic mass is 9.69. The maximum Gasteiger partial charge on any atom is 0.162 e. The first-order valence-corrected chi connectivity index (χ1v) is 10.6. The molecule has 0 radical (unpaired) electrons. The summed E-state index contributed by atoms with van der Waals surface area (Å²) < 4.78 is 1.99. The van der Waals surface area contributed by atoms with Crippen LogP contribution in [0.25, 0.3) is 5.69 Å². The number of carbonyl (C=O) groups is 1. The molecule has 0 saturated heterocycles. The van der Waals surface area contributed by atoms with Crippen LogP contribution in [0.4, 0.5) is 5.82 Å². The van der Waals surface area contributed by atoms with Crippen LogP contribution in [-0.4, -0.2) is 15.6 Å². The van der Waals surface area contributed by atoms with Crippen molar-refractivity contribution in [2.45, 2.75) is 46.5 Å². The van der Waals surface area contributed by atoms with Gasteiger partial charge in [0.1, 0.15) is 5.82 Å². The fraction of sp³-hybridized carbons (Fsp3) is 0.308. The van der Waals surface area contributed by atoms with Crippen molar-refractivity contribution < 1.29 is 4.79 Å². The highest BCUT2D eigenvalue weighted by atomic mass is 16.1. The zero-order chi connectivity index (χ0) is 21.0. The van der Waals surface area contributed by atoms with Crippen LogP contribution in [0.15, 0.2) is 65.9 Å². The molecule has 0 unspecified atom stereocenters. The van der Waals surface area contributed by atoms with Gasteiger partial charge in [0.05, 0.1) is 11.4 Å². The highest BCUT2D eigenvalue weighted by Gasteiger charge is 2.42. The van der Waals surface area contributed by atoms with Gasteiger partial charge in [-0.2, -0.15) is 5.10 Å². The lowest BCUT2D eigenvalue weighted by molar-refractivity contribution is -0.118. The Hall–Kier alpha value is -3.14. The molecule has 2 aliphatic rings. The van der Waals surface area contributed by atoms with E-state index < -0.39 is 0 Å². The van der Waals surface area contributed by atoms with Crippen molar-refractivity contribution in [2.75, 3.05) is 5.32 Å². The van der Waals surface area contributed by atoms with E-state index >= 15 is 0 Å². The van der Waals surface area contributed by atoms with Gasteiger partial charge in [-0.1, -0.05) is 61.9 Å². The second kappa shape index (κ2) is 6.69. The number of benzene rings is 2. The minimum atomic E-state index is -0.0859. The number of aromatic nitrogens is 2. The molecule has 1 aliphatic carbocycles. The van der Waals surface area contributed by atoms with Gasteiger partial charge < -0.3 is 5.32 Å². The molecule has 0 bridgehead atoms. The number of nitrogens with zero attached hydrogens (tertiary/aromatic N) is 2. The molecule has 0 spiro atoms. The van der Waals surface area contributed by atoms with Crippen molar-refractivity contribution >= 4 is 11.6 Å². The molecule has 1 N–H and O–H groups in total. The Labute approximate surface area is 177 Å². The molecular weight excluding hydrogens is 370 g/mol. The van der Waals surface area contributed by atoms with Crippen LogP contribution in [0.3, 0.4) is 0 Å². The minimum absolute atomic E-state index is 0.0514. The normalized spacial score (nSPS) is 19.9. The largest absolute Gasteiger partial charge is 0.343 e. The summed E-state index contributed by atoms with van der Waals surface area (Å²) in [6, 6.07) is 18.7. The van der Waals surface area contributed by atoms with E-state index in [2.05, 4.69) is 62.5 Å². The number of rotatable bonds is 2. The van der Waals surface area contributed by atoms with Gasteiger partial charge in [0, 0.05) is 29.2 Å². The Morgan fingerprint density at radius 1 is 1.03 bits per heavy atom. The lowest BCUT2D eigenvalue weighted by Crippen LogP contribution is -2.34. The molecule has 1 aliphatic heterocycles. The van der Waals surface area contributed by atoms with Crippen molar-refractivity contribution in [1.29, 1.82) is 0 Å².